The van der Waals surface area contributed by atoms with Crippen LogP contribution >= 0.6 is 0 Å². The molecule has 0 radical (unpaired) electrons. The molecule has 0 saturated carbocycles. The fraction of sp³-hybridized carbons (Fsp3) is 0.412. The summed E-state index contributed by atoms with van der Waals surface area (Å²) >= 11 is 0. The molecule has 0 bridgehead atoms. The van der Waals surface area contributed by atoms with Crippen LogP contribution < -0.4 is 4.74 Å². The molecule has 2 heterocycles. The summed E-state index contributed by atoms with van der Waals surface area (Å²) < 4.78 is 7.07. The minimum atomic E-state index is 0.000804. The van der Waals surface area contributed by atoms with Crippen molar-refractivity contribution >= 4 is 5.91 Å². The lowest BCUT2D eigenvalue weighted by atomic mass is 9.99. The third kappa shape index (κ3) is 2.71. The number of benzene rings is 1. The van der Waals surface area contributed by atoms with Crippen molar-refractivity contribution in [1.29, 1.82) is 0 Å². The SMILES string of the molecule is COc1ccc2c(c1)CCN(C(=O)c1ccn(C(C)C)n1)C2. The van der Waals surface area contributed by atoms with Gasteiger partial charge in [0.15, 0.2) is 0 Å². The molecule has 22 heavy (non-hydrogen) atoms. The van der Waals surface area contributed by atoms with E-state index in [1.54, 1.807) is 13.2 Å². The summed E-state index contributed by atoms with van der Waals surface area (Å²) in [5.74, 6) is 0.870. The zero-order valence-electron chi connectivity index (χ0n) is 13.2. The number of fused-ring (bicyclic) bond motifs is 1. The highest BCUT2D eigenvalue weighted by Gasteiger charge is 2.23. The van der Waals surface area contributed by atoms with E-state index < -0.39 is 0 Å². The standard InChI is InChI=1S/C17H21N3O2/c1-12(2)20-9-7-16(18-20)17(21)19-8-6-13-10-15(22-3)5-4-14(13)11-19/h4-5,7,9-10,12H,6,8,11H2,1-3H3. The Morgan fingerprint density at radius 2 is 2.09 bits per heavy atom. The largest absolute Gasteiger partial charge is 0.497 e. The first-order valence-electron chi connectivity index (χ1n) is 7.58. The number of carbonyl (C=O) groups excluding carboxylic acids is 1. The Bertz CT molecular complexity index is 691. The van der Waals surface area contributed by atoms with Crippen molar-refractivity contribution in [1.82, 2.24) is 14.7 Å². The maximum Gasteiger partial charge on any atom is 0.274 e. The third-order valence-electron chi connectivity index (χ3n) is 4.07. The zero-order chi connectivity index (χ0) is 15.7. The van der Waals surface area contributed by atoms with Gasteiger partial charge in [-0.3, -0.25) is 9.48 Å². The molecule has 2 aromatic rings. The average molecular weight is 299 g/mol. The highest BCUT2D eigenvalue weighted by Crippen LogP contribution is 2.24. The molecule has 0 saturated heterocycles. The molecule has 1 amide bonds. The lowest BCUT2D eigenvalue weighted by Gasteiger charge is -2.28. The van der Waals surface area contributed by atoms with Crippen LogP contribution in [-0.2, 0) is 13.0 Å². The number of rotatable bonds is 3. The number of methoxy groups -OCH3 is 1. The molecule has 0 unspecified atom stereocenters. The monoisotopic (exact) mass is 299 g/mol. The molecule has 0 atom stereocenters. The summed E-state index contributed by atoms with van der Waals surface area (Å²) in [6.07, 6.45) is 2.71. The fourth-order valence-electron chi connectivity index (χ4n) is 2.73. The van der Waals surface area contributed by atoms with Crippen molar-refractivity contribution in [3.63, 3.8) is 0 Å². The van der Waals surface area contributed by atoms with E-state index >= 15 is 0 Å². The van der Waals surface area contributed by atoms with Crippen LogP contribution in [-0.4, -0.2) is 34.2 Å². The summed E-state index contributed by atoms with van der Waals surface area (Å²) in [6, 6.07) is 8.10. The van der Waals surface area contributed by atoms with E-state index in [1.807, 2.05) is 41.8 Å². The van der Waals surface area contributed by atoms with E-state index in [-0.39, 0.29) is 11.9 Å². The molecular weight excluding hydrogens is 278 g/mol. The van der Waals surface area contributed by atoms with Crippen molar-refractivity contribution < 1.29 is 9.53 Å². The molecule has 1 aliphatic heterocycles. The second-order valence-electron chi connectivity index (χ2n) is 5.89. The minimum absolute atomic E-state index is 0.000804. The maximum absolute atomic E-state index is 12.6. The van der Waals surface area contributed by atoms with Gasteiger partial charge < -0.3 is 9.64 Å². The van der Waals surface area contributed by atoms with Crippen molar-refractivity contribution in [3.8, 4) is 5.75 Å². The Morgan fingerprint density at radius 1 is 1.27 bits per heavy atom. The first-order chi connectivity index (χ1) is 10.6. The van der Waals surface area contributed by atoms with Crippen molar-refractivity contribution in [2.45, 2.75) is 32.9 Å². The molecule has 0 fully saturated rings. The minimum Gasteiger partial charge on any atom is -0.497 e. The molecule has 1 aliphatic rings. The van der Waals surface area contributed by atoms with E-state index in [4.69, 9.17) is 4.74 Å². The van der Waals surface area contributed by atoms with Crippen LogP contribution in [0.2, 0.25) is 0 Å². The number of carbonyl (C=O) groups is 1. The van der Waals surface area contributed by atoms with E-state index in [0.29, 0.717) is 18.8 Å². The second kappa shape index (κ2) is 5.83. The van der Waals surface area contributed by atoms with E-state index in [1.165, 1.54) is 11.1 Å². The molecule has 5 nitrogen and oxygen atoms in total. The van der Waals surface area contributed by atoms with Gasteiger partial charge in [0.1, 0.15) is 11.4 Å². The number of aromatic nitrogens is 2. The summed E-state index contributed by atoms with van der Waals surface area (Å²) in [4.78, 5) is 14.5. The Labute approximate surface area is 130 Å². The zero-order valence-corrected chi connectivity index (χ0v) is 13.2. The molecule has 3 rings (SSSR count). The van der Waals surface area contributed by atoms with Crippen molar-refractivity contribution in [2.24, 2.45) is 0 Å². The molecule has 0 N–H and O–H groups in total. The van der Waals surface area contributed by atoms with Gasteiger partial charge in [-0.2, -0.15) is 5.10 Å². The molecule has 1 aromatic carbocycles. The van der Waals surface area contributed by atoms with E-state index in [9.17, 15) is 4.79 Å². The van der Waals surface area contributed by atoms with Gasteiger partial charge >= 0.3 is 0 Å². The molecule has 1 aromatic heterocycles. The normalized spacial score (nSPS) is 14.1. The Hall–Kier alpha value is -2.30. The number of hydrogen-bond acceptors (Lipinski definition) is 3. The van der Waals surface area contributed by atoms with Crippen LogP contribution in [0.5, 0.6) is 5.75 Å². The summed E-state index contributed by atoms with van der Waals surface area (Å²) in [7, 11) is 1.67. The second-order valence-corrected chi connectivity index (χ2v) is 5.89. The Morgan fingerprint density at radius 3 is 2.77 bits per heavy atom. The van der Waals surface area contributed by atoms with E-state index in [0.717, 1.165) is 12.2 Å². The Balaban J connectivity index is 1.77. The van der Waals surface area contributed by atoms with Gasteiger partial charge in [-0.05, 0) is 49.6 Å². The Kier molecular flexibility index (Phi) is 3.88. The van der Waals surface area contributed by atoms with Gasteiger partial charge in [0.05, 0.1) is 7.11 Å². The molecule has 5 heteroatoms. The number of amides is 1. The summed E-state index contributed by atoms with van der Waals surface area (Å²) in [5.41, 5.74) is 2.96. The van der Waals surface area contributed by atoms with Gasteiger partial charge in [0.25, 0.3) is 5.91 Å². The lowest BCUT2D eigenvalue weighted by Crippen LogP contribution is -2.36. The molecule has 0 spiro atoms. The van der Waals surface area contributed by atoms with Crippen LogP contribution in [0, 0.1) is 0 Å². The molecule has 116 valence electrons. The third-order valence-corrected chi connectivity index (χ3v) is 4.07. The van der Waals surface area contributed by atoms with Crippen molar-refractivity contribution in [2.75, 3.05) is 13.7 Å². The smallest absolute Gasteiger partial charge is 0.274 e. The van der Waals surface area contributed by atoms with Crippen LogP contribution in [0.4, 0.5) is 0 Å². The first kappa shape index (κ1) is 14.6. The fourth-order valence-corrected chi connectivity index (χ4v) is 2.73. The lowest BCUT2D eigenvalue weighted by molar-refractivity contribution is 0.0727. The van der Waals surface area contributed by atoms with Crippen LogP contribution in [0.1, 0.15) is 41.5 Å². The number of ether oxygens (including phenoxy) is 1. The molecule has 0 aliphatic carbocycles. The quantitative estimate of drug-likeness (QED) is 0.875. The van der Waals surface area contributed by atoms with Gasteiger partial charge in [-0.15, -0.1) is 0 Å². The van der Waals surface area contributed by atoms with Gasteiger partial charge in [-0.25, -0.2) is 0 Å². The maximum atomic E-state index is 12.6. The van der Waals surface area contributed by atoms with Crippen LogP contribution in [0.15, 0.2) is 30.5 Å². The highest BCUT2D eigenvalue weighted by molar-refractivity contribution is 5.92. The predicted molar refractivity (Wildman–Crippen MR) is 84.1 cm³/mol. The first-order valence-corrected chi connectivity index (χ1v) is 7.58. The summed E-state index contributed by atoms with van der Waals surface area (Å²) in [6.45, 7) is 5.44. The van der Waals surface area contributed by atoms with Crippen molar-refractivity contribution in [3.05, 3.63) is 47.3 Å². The van der Waals surface area contributed by atoms with Gasteiger partial charge in [-0.1, -0.05) is 6.07 Å². The average Bonchev–Trinajstić information content (AvgIpc) is 3.03. The van der Waals surface area contributed by atoms with Gasteiger partial charge in [0.2, 0.25) is 0 Å². The molecular formula is C17H21N3O2. The predicted octanol–water partition coefficient (Wildman–Crippen LogP) is 2.67. The topological polar surface area (TPSA) is 47.4 Å². The number of hydrogen-bond donors (Lipinski definition) is 0. The van der Waals surface area contributed by atoms with Gasteiger partial charge in [0, 0.05) is 25.3 Å². The summed E-state index contributed by atoms with van der Waals surface area (Å²) in [5, 5.41) is 4.37. The number of nitrogens with zero attached hydrogens (tertiary/aromatic N) is 3. The van der Waals surface area contributed by atoms with Crippen LogP contribution in [0.25, 0.3) is 0 Å². The van der Waals surface area contributed by atoms with Crippen LogP contribution in [0.3, 0.4) is 0 Å². The van der Waals surface area contributed by atoms with E-state index in [2.05, 4.69) is 11.2 Å². The highest BCUT2D eigenvalue weighted by atomic mass is 16.5.